The predicted molar refractivity (Wildman–Crippen MR) is 146 cm³/mol. The quantitative estimate of drug-likeness (QED) is 0.318. The van der Waals surface area contributed by atoms with E-state index >= 15 is 0 Å². The number of fused-ring (bicyclic) bond motifs is 1. The summed E-state index contributed by atoms with van der Waals surface area (Å²) in [5.74, 6) is -0.832. The first-order chi connectivity index (χ1) is 19.2. The third-order valence-corrected chi connectivity index (χ3v) is 7.64. The van der Waals surface area contributed by atoms with Gasteiger partial charge in [0.2, 0.25) is 11.8 Å². The van der Waals surface area contributed by atoms with Crippen LogP contribution in [0.4, 0.5) is 18.9 Å². The second-order valence-electron chi connectivity index (χ2n) is 9.37. The zero-order chi connectivity index (χ0) is 30.1. The number of alkyl halides is 3. The lowest BCUT2D eigenvalue weighted by molar-refractivity contribution is -0.137. The molecular formula is C27H26F3N5O5S. The molecule has 0 aliphatic rings. The maximum absolute atomic E-state index is 13.3. The van der Waals surface area contributed by atoms with E-state index < -0.39 is 32.6 Å². The van der Waals surface area contributed by atoms with Gasteiger partial charge in [-0.15, -0.1) is 0 Å². The van der Waals surface area contributed by atoms with Gasteiger partial charge in [0.25, 0.3) is 15.6 Å². The van der Waals surface area contributed by atoms with Crippen molar-refractivity contribution >= 4 is 32.5 Å². The van der Waals surface area contributed by atoms with Crippen molar-refractivity contribution in [3.63, 3.8) is 0 Å². The van der Waals surface area contributed by atoms with E-state index in [1.807, 2.05) is 0 Å². The van der Waals surface area contributed by atoms with Crippen molar-refractivity contribution < 1.29 is 31.1 Å². The lowest BCUT2D eigenvalue weighted by Crippen LogP contribution is -2.32. The molecule has 2 heterocycles. The molecule has 0 saturated heterocycles. The molecule has 0 aliphatic carbocycles. The minimum Gasteiger partial charge on any atom is -0.480 e. The van der Waals surface area contributed by atoms with Gasteiger partial charge in [0.1, 0.15) is 5.69 Å². The number of halogens is 3. The number of aryl methyl sites for hydroxylation is 1. The summed E-state index contributed by atoms with van der Waals surface area (Å²) in [6, 6.07) is 8.74. The van der Waals surface area contributed by atoms with Crippen molar-refractivity contribution in [3.8, 4) is 17.0 Å². The number of carbonyl (C=O) groups excluding carboxylic acids is 1. The molecule has 0 spiro atoms. The topological polar surface area (TPSA) is 132 Å². The molecule has 41 heavy (non-hydrogen) atoms. The summed E-state index contributed by atoms with van der Waals surface area (Å²) in [5.41, 5.74) is -0.211. The van der Waals surface area contributed by atoms with Crippen LogP contribution in [0.25, 0.3) is 22.0 Å². The third kappa shape index (κ3) is 6.32. The Morgan fingerprint density at radius 3 is 2.49 bits per heavy atom. The summed E-state index contributed by atoms with van der Waals surface area (Å²) in [4.78, 5) is 33.0. The summed E-state index contributed by atoms with van der Waals surface area (Å²) < 4.78 is 74.9. The summed E-state index contributed by atoms with van der Waals surface area (Å²) in [6.45, 7) is 3.15. The Labute approximate surface area is 233 Å². The number of nitrogens with zero attached hydrogens (tertiary/aromatic N) is 3. The molecule has 2 N–H and O–H groups in total. The van der Waals surface area contributed by atoms with Crippen LogP contribution in [0.5, 0.6) is 5.88 Å². The van der Waals surface area contributed by atoms with Crippen LogP contribution in [0.2, 0.25) is 0 Å². The SMILES string of the molecule is CNC(=O)[C@@H](C)Cn1cnc2ccc(-c3cnc(OC)c(NS(=O)(=O)c4cc(C)cc(C(F)(F)F)c4)c3)cc2c1=O. The van der Waals surface area contributed by atoms with Crippen LogP contribution in [0.1, 0.15) is 18.1 Å². The van der Waals surface area contributed by atoms with Gasteiger partial charge in [0.15, 0.2) is 0 Å². The van der Waals surface area contributed by atoms with Crippen LogP contribution in [0.15, 0.2) is 64.7 Å². The predicted octanol–water partition coefficient (Wildman–Crippen LogP) is 3.98. The molecule has 0 radical (unpaired) electrons. The van der Waals surface area contributed by atoms with Gasteiger partial charge < -0.3 is 10.1 Å². The number of sulfonamides is 1. The van der Waals surface area contributed by atoms with Crippen LogP contribution in [0, 0.1) is 12.8 Å². The highest BCUT2D eigenvalue weighted by molar-refractivity contribution is 7.92. The van der Waals surface area contributed by atoms with Gasteiger partial charge >= 0.3 is 6.18 Å². The number of pyridine rings is 1. The van der Waals surface area contributed by atoms with E-state index in [0.29, 0.717) is 22.7 Å². The molecule has 4 rings (SSSR count). The molecule has 0 bridgehead atoms. The molecule has 1 amide bonds. The fraction of sp³-hybridized carbons (Fsp3) is 0.259. The largest absolute Gasteiger partial charge is 0.480 e. The smallest absolute Gasteiger partial charge is 0.416 e. The lowest BCUT2D eigenvalue weighted by atomic mass is 10.0. The van der Waals surface area contributed by atoms with Crippen LogP contribution < -0.4 is 20.3 Å². The summed E-state index contributed by atoms with van der Waals surface area (Å²) in [5, 5.41) is 2.79. The average molecular weight is 590 g/mol. The van der Waals surface area contributed by atoms with E-state index in [1.54, 1.807) is 25.1 Å². The van der Waals surface area contributed by atoms with Crippen LogP contribution >= 0.6 is 0 Å². The highest BCUT2D eigenvalue weighted by Gasteiger charge is 2.32. The van der Waals surface area contributed by atoms with Crippen molar-refractivity contribution in [1.82, 2.24) is 19.9 Å². The van der Waals surface area contributed by atoms with Crippen molar-refractivity contribution in [1.29, 1.82) is 0 Å². The van der Waals surface area contributed by atoms with Crippen LogP contribution in [-0.4, -0.2) is 43.0 Å². The number of carbonyl (C=O) groups is 1. The van der Waals surface area contributed by atoms with E-state index in [9.17, 15) is 31.2 Å². The standard InChI is InChI=1S/C27H26F3N5O5S/c1-15-7-19(27(28,29)30)11-20(8-15)41(38,39)34-23-10-18(12-32-25(23)40-4)17-5-6-22-21(9-17)26(37)35(14-33-22)13-16(2)24(36)31-3/h5-12,14,16,34H,13H2,1-4H3,(H,31,36)/t16-/m0/s1. The molecule has 10 nitrogen and oxygen atoms in total. The van der Waals surface area contributed by atoms with Gasteiger partial charge in [-0.3, -0.25) is 18.9 Å². The van der Waals surface area contributed by atoms with Crippen LogP contribution in [-0.2, 0) is 27.5 Å². The minimum absolute atomic E-state index is 0.108. The number of hydrogen-bond acceptors (Lipinski definition) is 7. The van der Waals surface area contributed by atoms with Gasteiger partial charge in [0.05, 0.1) is 40.7 Å². The first-order valence-electron chi connectivity index (χ1n) is 12.2. The Hall–Kier alpha value is -4.46. The Morgan fingerprint density at radius 2 is 1.83 bits per heavy atom. The zero-order valence-electron chi connectivity index (χ0n) is 22.4. The first-order valence-corrected chi connectivity index (χ1v) is 13.7. The van der Waals surface area contributed by atoms with E-state index in [0.717, 1.165) is 12.1 Å². The zero-order valence-corrected chi connectivity index (χ0v) is 23.2. The molecule has 0 aliphatic heterocycles. The Bertz CT molecular complexity index is 1810. The monoisotopic (exact) mass is 589 g/mol. The Morgan fingerprint density at radius 1 is 1.10 bits per heavy atom. The number of hydrogen-bond donors (Lipinski definition) is 2. The normalized spacial score (nSPS) is 12.7. The molecule has 4 aromatic rings. The number of amides is 1. The number of ether oxygens (including phenoxy) is 1. The first kappa shape index (κ1) is 29.5. The summed E-state index contributed by atoms with van der Waals surface area (Å²) >= 11 is 0. The molecule has 0 unspecified atom stereocenters. The number of rotatable bonds is 8. The molecule has 0 fully saturated rings. The molecule has 1 atom stereocenters. The second-order valence-corrected chi connectivity index (χ2v) is 11.1. The van der Waals surface area contributed by atoms with E-state index in [4.69, 9.17) is 4.74 Å². The average Bonchev–Trinajstić information content (AvgIpc) is 2.92. The number of benzene rings is 2. The van der Waals surface area contributed by atoms with Gasteiger partial charge in [0, 0.05) is 25.4 Å². The lowest BCUT2D eigenvalue weighted by Gasteiger charge is -2.15. The van der Waals surface area contributed by atoms with Crippen molar-refractivity contribution in [2.45, 2.75) is 31.5 Å². The number of methoxy groups -OCH3 is 1. The fourth-order valence-corrected chi connectivity index (χ4v) is 5.39. The van der Waals surface area contributed by atoms with Gasteiger partial charge in [-0.1, -0.05) is 13.0 Å². The summed E-state index contributed by atoms with van der Waals surface area (Å²) in [6.07, 6.45) is -1.98. The Kier molecular flexibility index (Phi) is 8.06. The molecular weight excluding hydrogens is 563 g/mol. The highest BCUT2D eigenvalue weighted by Crippen LogP contribution is 2.34. The van der Waals surface area contributed by atoms with Crippen molar-refractivity contribution in [2.24, 2.45) is 5.92 Å². The fourth-order valence-electron chi connectivity index (χ4n) is 4.21. The van der Waals surface area contributed by atoms with E-state index in [2.05, 4.69) is 20.0 Å². The third-order valence-electron chi connectivity index (χ3n) is 6.30. The maximum atomic E-state index is 13.3. The molecule has 216 valence electrons. The summed E-state index contributed by atoms with van der Waals surface area (Å²) in [7, 11) is -1.72. The van der Waals surface area contributed by atoms with Gasteiger partial charge in [-0.05, 0) is 54.4 Å². The molecule has 0 saturated carbocycles. The van der Waals surface area contributed by atoms with Gasteiger partial charge in [-0.25, -0.2) is 18.4 Å². The number of aromatic nitrogens is 3. The van der Waals surface area contributed by atoms with E-state index in [1.165, 1.54) is 44.2 Å². The molecule has 2 aromatic carbocycles. The minimum atomic E-state index is -4.74. The van der Waals surface area contributed by atoms with E-state index in [-0.39, 0.29) is 40.5 Å². The number of nitrogens with one attached hydrogen (secondary N) is 2. The highest BCUT2D eigenvalue weighted by atomic mass is 32.2. The van der Waals surface area contributed by atoms with Crippen LogP contribution in [0.3, 0.4) is 0 Å². The second kappa shape index (κ2) is 11.2. The van der Waals surface area contributed by atoms with Gasteiger partial charge in [-0.2, -0.15) is 13.2 Å². The van der Waals surface area contributed by atoms with Crippen molar-refractivity contribution in [3.05, 3.63) is 76.5 Å². The molecule has 2 aromatic heterocycles. The Balaban J connectivity index is 1.74. The maximum Gasteiger partial charge on any atom is 0.416 e. The molecule has 14 heteroatoms. The number of anilines is 1. The van der Waals surface area contributed by atoms with Crippen molar-refractivity contribution in [2.75, 3.05) is 18.9 Å².